The molecule has 1 atom stereocenters. The molecule has 3 rings (SSSR count). The molecule has 1 aliphatic heterocycles. The van der Waals surface area contributed by atoms with E-state index in [1.807, 2.05) is 13.0 Å². The smallest absolute Gasteiger partial charge is 0.345 e. The van der Waals surface area contributed by atoms with Gasteiger partial charge >= 0.3 is 5.69 Å². The first-order valence-corrected chi connectivity index (χ1v) is 11.9. The molecule has 1 unspecified atom stereocenters. The van der Waals surface area contributed by atoms with Gasteiger partial charge in [0.25, 0.3) is 0 Å². The highest BCUT2D eigenvalue weighted by Gasteiger charge is 2.26. The maximum atomic E-state index is 13.0. The topological polar surface area (TPSA) is 95.2 Å². The summed E-state index contributed by atoms with van der Waals surface area (Å²) >= 11 is 0. The minimum absolute atomic E-state index is 0.103. The van der Waals surface area contributed by atoms with Gasteiger partial charge < -0.3 is 4.74 Å². The molecule has 1 aliphatic rings. The number of methoxy groups -OCH3 is 1. The summed E-state index contributed by atoms with van der Waals surface area (Å²) in [6.07, 6.45) is 2.61. The number of nitrogens with zero attached hydrogens (tertiary/aromatic N) is 3. The number of sulfonamides is 1. The van der Waals surface area contributed by atoms with Crippen molar-refractivity contribution in [3.05, 3.63) is 39.6 Å². The molecule has 0 bridgehead atoms. The Balaban J connectivity index is 1.74. The zero-order chi connectivity index (χ0) is 22.1. The number of hydrogen-bond donors (Lipinski definition) is 1. The van der Waals surface area contributed by atoms with Crippen LogP contribution in [0.1, 0.15) is 50.1 Å². The Morgan fingerprint density at radius 3 is 2.63 bits per heavy atom. The predicted octanol–water partition coefficient (Wildman–Crippen LogP) is 2.40. The van der Waals surface area contributed by atoms with E-state index in [0.717, 1.165) is 17.8 Å². The van der Waals surface area contributed by atoms with Crippen LogP contribution >= 0.6 is 0 Å². The fourth-order valence-corrected chi connectivity index (χ4v) is 5.42. The van der Waals surface area contributed by atoms with E-state index in [9.17, 15) is 13.2 Å². The highest BCUT2D eigenvalue weighted by Crippen LogP contribution is 2.26. The Morgan fingerprint density at radius 1 is 1.23 bits per heavy atom. The zero-order valence-corrected chi connectivity index (χ0v) is 19.3. The molecule has 0 saturated heterocycles. The standard InChI is InChI=1S/C21H32N4O4S/c1-14(2)8-11-25-21(26)24-10-9-17(6-7-20(24)22-25)23-30(27,28)19-13-18(29-5)15(3)12-16(19)4/h12-14,17,23H,6-11H2,1-5H3. The molecule has 0 radical (unpaired) electrons. The Bertz CT molecular complexity index is 1070. The van der Waals surface area contributed by atoms with Crippen molar-refractivity contribution < 1.29 is 13.2 Å². The summed E-state index contributed by atoms with van der Waals surface area (Å²) in [5, 5.41) is 4.49. The average Bonchev–Trinajstić information content (AvgIpc) is 2.83. The minimum Gasteiger partial charge on any atom is -0.496 e. The second kappa shape index (κ2) is 8.93. The van der Waals surface area contributed by atoms with E-state index in [0.29, 0.717) is 49.6 Å². The van der Waals surface area contributed by atoms with Crippen LogP contribution in [0.15, 0.2) is 21.8 Å². The quantitative estimate of drug-likeness (QED) is 0.719. The maximum Gasteiger partial charge on any atom is 0.345 e. The third-order valence-corrected chi connectivity index (χ3v) is 7.30. The van der Waals surface area contributed by atoms with Crippen molar-refractivity contribution in [3.8, 4) is 5.75 Å². The monoisotopic (exact) mass is 436 g/mol. The van der Waals surface area contributed by atoms with E-state index in [2.05, 4.69) is 23.7 Å². The lowest BCUT2D eigenvalue weighted by atomic mass is 10.1. The van der Waals surface area contributed by atoms with Crippen LogP contribution in [0.2, 0.25) is 0 Å². The molecular formula is C21H32N4O4S. The van der Waals surface area contributed by atoms with Gasteiger partial charge in [-0.15, -0.1) is 0 Å². The van der Waals surface area contributed by atoms with Crippen LogP contribution in [0.25, 0.3) is 0 Å². The number of aromatic nitrogens is 3. The molecule has 0 aliphatic carbocycles. The molecule has 0 fully saturated rings. The lowest BCUT2D eigenvalue weighted by molar-refractivity contribution is 0.410. The molecule has 0 saturated carbocycles. The van der Waals surface area contributed by atoms with E-state index in [4.69, 9.17) is 4.74 Å². The summed E-state index contributed by atoms with van der Waals surface area (Å²) in [5.74, 6) is 1.78. The molecule has 2 aromatic rings. The summed E-state index contributed by atoms with van der Waals surface area (Å²) in [5.41, 5.74) is 1.46. The molecule has 9 heteroatoms. The fraction of sp³-hybridized carbons (Fsp3) is 0.619. The number of hydrogen-bond acceptors (Lipinski definition) is 5. The number of rotatable bonds is 7. The highest BCUT2D eigenvalue weighted by molar-refractivity contribution is 7.89. The summed E-state index contributed by atoms with van der Waals surface area (Å²) in [6.45, 7) is 8.97. The predicted molar refractivity (Wildman–Crippen MR) is 115 cm³/mol. The number of aryl methyl sites for hydroxylation is 4. The van der Waals surface area contributed by atoms with Gasteiger partial charge in [0.2, 0.25) is 10.0 Å². The first-order valence-electron chi connectivity index (χ1n) is 10.5. The Hall–Kier alpha value is -2.13. The van der Waals surface area contributed by atoms with Crippen LogP contribution < -0.4 is 15.1 Å². The van der Waals surface area contributed by atoms with Gasteiger partial charge in [0.05, 0.1) is 12.0 Å². The molecule has 30 heavy (non-hydrogen) atoms. The summed E-state index contributed by atoms with van der Waals surface area (Å²) in [7, 11) is -2.18. The first-order chi connectivity index (χ1) is 14.1. The SMILES string of the molecule is COc1cc(S(=O)(=O)NC2CCc3nn(CCC(C)C)c(=O)n3CC2)c(C)cc1C. The fourth-order valence-electron chi connectivity index (χ4n) is 3.88. The van der Waals surface area contributed by atoms with Gasteiger partial charge in [-0.3, -0.25) is 4.57 Å². The van der Waals surface area contributed by atoms with Crippen molar-refractivity contribution in [1.82, 2.24) is 19.1 Å². The Labute approximate surface area is 178 Å². The Morgan fingerprint density at radius 2 is 1.97 bits per heavy atom. The van der Waals surface area contributed by atoms with Crippen LogP contribution in [-0.2, 0) is 29.5 Å². The second-order valence-electron chi connectivity index (χ2n) is 8.49. The van der Waals surface area contributed by atoms with E-state index in [-0.39, 0.29) is 16.6 Å². The molecule has 2 heterocycles. The number of fused-ring (bicyclic) bond motifs is 1. The molecule has 1 aromatic carbocycles. The second-order valence-corrected chi connectivity index (χ2v) is 10.2. The van der Waals surface area contributed by atoms with Crippen LogP contribution in [0, 0.1) is 19.8 Å². The molecule has 0 amide bonds. The zero-order valence-electron chi connectivity index (χ0n) is 18.4. The van der Waals surface area contributed by atoms with Gasteiger partial charge in [0.15, 0.2) is 0 Å². The normalized spacial score (nSPS) is 17.1. The van der Waals surface area contributed by atoms with Gasteiger partial charge in [-0.25, -0.2) is 22.6 Å². The molecule has 1 aromatic heterocycles. The first kappa shape index (κ1) is 22.6. The van der Waals surface area contributed by atoms with Gasteiger partial charge in [0, 0.05) is 31.6 Å². The van der Waals surface area contributed by atoms with Crippen LogP contribution in [0.4, 0.5) is 0 Å². The lowest BCUT2D eigenvalue weighted by Gasteiger charge is -2.18. The number of nitrogens with one attached hydrogen (secondary N) is 1. The van der Waals surface area contributed by atoms with Gasteiger partial charge in [-0.05, 0) is 50.2 Å². The molecule has 8 nitrogen and oxygen atoms in total. The summed E-state index contributed by atoms with van der Waals surface area (Å²) in [4.78, 5) is 12.9. The van der Waals surface area contributed by atoms with Crippen LogP contribution in [0.5, 0.6) is 5.75 Å². The molecular weight excluding hydrogens is 404 g/mol. The van der Waals surface area contributed by atoms with Crippen molar-refractivity contribution in [2.24, 2.45) is 5.92 Å². The summed E-state index contributed by atoms with van der Waals surface area (Å²) < 4.78 is 37.4. The Kier molecular flexibility index (Phi) is 6.71. The van der Waals surface area contributed by atoms with E-state index in [1.54, 1.807) is 22.2 Å². The molecule has 0 spiro atoms. The largest absolute Gasteiger partial charge is 0.496 e. The van der Waals surface area contributed by atoms with E-state index in [1.165, 1.54) is 7.11 Å². The van der Waals surface area contributed by atoms with Crippen molar-refractivity contribution in [3.63, 3.8) is 0 Å². The van der Waals surface area contributed by atoms with Crippen LogP contribution in [-0.4, -0.2) is 35.9 Å². The minimum atomic E-state index is -3.71. The number of benzene rings is 1. The van der Waals surface area contributed by atoms with E-state index >= 15 is 0 Å². The molecule has 166 valence electrons. The van der Waals surface area contributed by atoms with Crippen molar-refractivity contribution in [2.45, 2.75) is 77.4 Å². The van der Waals surface area contributed by atoms with Gasteiger partial charge in [0.1, 0.15) is 11.6 Å². The third-order valence-electron chi connectivity index (χ3n) is 5.64. The summed E-state index contributed by atoms with van der Waals surface area (Å²) in [6, 6.07) is 3.13. The maximum absolute atomic E-state index is 13.0. The van der Waals surface area contributed by atoms with Crippen LogP contribution in [0.3, 0.4) is 0 Å². The lowest BCUT2D eigenvalue weighted by Crippen LogP contribution is -2.36. The average molecular weight is 437 g/mol. The van der Waals surface area contributed by atoms with Crippen molar-refractivity contribution in [1.29, 1.82) is 0 Å². The van der Waals surface area contributed by atoms with Gasteiger partial charge in [-0.2, -0.15) is 5.10 Å². The van der Waals surface area contributed by atoms with Crippen molar-refractivity contribution >= 4 is 10.0 Å². The van der Waals surface area contributed by atoms with Gasteiger partial charge in [-0.1, -0.05) is 19.9 Å². The number of ether oxygens (including phenoxy) is 1. The third kappa shape index (κ3) is 4.78. The van der Waals surface area contributed by atoms with E-state index < -0.39 is 10.0 Å². The highest BCUT2D eigenvalue weighted by atomic mass is 32.2. The molecule has 1 N–H and O–H groups in total. The van der Waals surface area contributed by atoms with Crippen molar-refractivity contribution in [2.75, 3.05) is 7.11 Å².